The van der Waals surface area contributed by atoms with Crippen molar-refractivity contribution in [3.8, 4) is 5.82 Å². The van der Waals surface area contributed by atoms with Gasteiger partial charge in [0.2, 0.25) is 5.95 Å². The van der Waals surface area contributed by atoms with Gasteiger partial charge in [-0.3, -0.25) is 4.79 Å². The van der Waals surface area contributed by atoms with E-state index in [1.165, 1.54) is 7.11 Å². The van der Waals surface area contributed by atoms with E-state index in [1.807, 2.05) is 6.07 Å². The van der Waals surface area contributed by atoms with Crippen LogP contribution in [0.1, 0.15) is 19.3 Å². The van der Waals surface area contributed by atoms with E-state index in [0.717, 1.165) is 19.3 Å². The van der Waals surface area contributed by atoms with Gasteiger partial charge in [0, 0.05) is 24.5 Å². The molecular formula is C14H18N6O2. The summed E-state index contributed by atoms with van der Waals surface area (Å²) in [6, 6.07) is 3.77. The van der Waals surface area contributed by atoms with E-state index in [4.69, 9.17) is 10.5 Å². The lowest BCUT2D eigenvalue weighted by Gasteiger charge is -2.14. The summed E-state index contributed by atoms with van der Waals surface area (Å²) in [5.74, 6) is 1.21. The maximum Gasteiger partial charge on any atom is 0.308 e. The number of anilines is 2. The fraction of sp³-hybridized carbons (Fsp3) is 0.429. The topological polar surface area (TPSA) is 108 Å². The molecule has 0 unspecified atom stereocenters. The van der Waals surface area contributed by atoms with Crippen LogP contribution in [0.2, 0.25) is 0 Å². The molecule has 8 heteroatoms. The summed E-state index contributed by atoms with van der Waals surface area (Å²) in [5, 5.41) is 7.44. The molecule has 0 aliphatic heterocycles. The van der Waals surface area contributed by atoms with E-state index in [9.17, 15) is 4.79 Å². The second-order valence-corrected chi connectivity index (χ2v) is 5.29. The van der Waals surface area contributed by atoms with Gasteiger partial charge in [-0.15, -0.1) is 0 Å². The highest BCUT2D eigenvalue weighted by Crippen LogP contribution is 2.29. The summed E-state index contributed by atoms with van der Waals surface area (Å²) >= 11 is 0. The number of carbonyl (C=O) groups excluding carboxylic acids is 1. The Labute approximate surface area is 127 Å². The molecule has 22 heavy (non-hydrogen) atoms. The normalized spacial score (nSPS) is 20.8. The molecule has 2 heterocycles. The lowest BCUT2D eigenvalue weighted by atomic mass is 10.1. The van der Waals surface area contributed by atoms with Gasteiger partial charge in [-0.25, -0.2) is 4.68 Å². The number of hydrogen-bond acceptors (Lipinski definition) is 7. The molecule has 0 spiro atoms. The van der Waals surface area contributed by atoms with E-state index in [1.54, 1.807) is 23.1 Å². The van der Waals surface area contributed by atoms with Gasteiger partial charge in [0.25, 0.3) is 0 Å². The Bertz CT molecular complexity index is 657. The lowest BCUT2D eigenvalue weighted by Crippen LogP contribution is -2.20. The molecule has 0 bridgehead atoms. The van der Waals surface area contributed by atoms with Crippen LogP contribution in [0.25, 0.3) is 5.82 Å². The summed E-state index contributed by atoms with van der Waals surface area (Å²) in [5.41, 5.74) is 5.76. The molecule has 0 radical (unpaired) electrons. The Morgan fingerprint density at radius 1 is 1.45 bits per heavy atom. The third-order valence-electron chi connectivity index (χ3n) is 3.79. The molecule has 1 aliphatic carbocycles. The first-order valence-corrected chi connectivity index (χ1v) is 7.14. The van der Waals surface area contributed by atoms with Gasteiger partial charge in [0.15, 0.2) is 5.82 Å². The molecule has 1 aliphatic rings. The van der Waals surface area contributed by atoms with Crippen molar-refractivity contribution in [2.45, 2.75) is 25.3 Å². The number of rotatable bonds is 4. The number of carbonyl (C=O) groups is 1. The fourth-order valence-corrected chi connectivity index (χ4v) is 2.75. The summed E-state index contributed by atoms with van der Waals surface area (Å²) < 4.78 is 6.42. The Morgan fingerprint density at radius 3 is 3.05 bits per heavy atom. The lowest BCUT2D eigenvalue weighted by molar-refractivity contribution is -0.145. The quantitative estimate of drug-likeness (QED) is 0.811. The minimum atomic E-state index is -0.149. The second-order valence-electron chi connectivity index (χ2n) is 5.29. The van der Waals surface area contributed by atoms with Crippen LogP contribution >= 0.6 is 0 Å². The number of hydrogen-bond donors (Lipinski definition) is 2. The summed E-state index contributed by atoms with van der Waals surface area (Å²) in [4.78, 5) is 19.9. The Morgan fingerprint density at radius 2 is 2.32 bits per heavy atom. The van der Waals surface area contributed by atoms with Crippen LogP contribution in [0.3, 0.4) is 0 Å². The van der Waals surface area contributed by atoms with Gasteiger partial charge in [0.1, 0.15) is 5.82 Å². The summed E-state index contributed by atoms with van der Waals surface area (Å²) in [7, 11) is 1.42. The molecular weight excluding hydrogens is 284 g/mol. The molecule has 3 N–H and O–H groups in total. The number of aromatic nitrogens is 4. The first-order valence-electron chi connectivity index (χ1n) is 7.14. The molecule has 2 aromatic rings. The maximum absolute atomic E-state index is 11.6. The van der Waals surface area contributed by atoms with E-state index in [0.29, 0.717) is 11.6 Å². The van der Waals surface area contributed by atoms with Crippen molar-refractivity contribution < 1.29 is 9.53 Å². The average molecular weight is 302 g/mol. The van der Waals surface area contributed by atoms with Gasteiger partial charge >= 0.3 is 5.97 Å². The van der Waals surface area contributed by atoms with Gasteiger partial charge < -0.3 is 15.8 Å². The van der Waals surface area contributed by atoms with Crippen LogP contribution in [0.15, 0.2) is 24.5 Å². The fourth-order valence-electron chi connectivity index (χ4n) is 2.75. The van der Waals surface area contributed by atoms with Crippen LogP contribution < -0.4 is 11.1 Å². The average Bonchev–Trinajstić information content (AvgIpc) is 3.17. The number of ether oxygens (including phenoxy) is 1. The SMILES string of the molecule is COC(=O)[C@H]1CC[C@@H](Nc2cc(-n3cccn3)nc(N)n2)C1. The number of nitrogens with zero attached hydrogens (tertiary/aromatic N) is 4. The molecule has 1 saturated carbocycles. The number of methoxy groups -OCH3 is 1. The van der Waals surface area contributed by atoms with Crippen molar-refractivity contribution >= 4 is 17.7 Å². The Kier molecular flexibility index (Phi) is 3.90. The monoisotopic (exact) mass is 302 g/mol. The third-order valence-corrected chi connectivity index (χ3v) is 3.79. The highest BCUT2D eigenvalue weighted by molar-refractivity contribution is 5.72. The van der Waals surface area contributed by atoms with Crippen LogP contribution in [0, 0.1) is 5.92 Å². The third kappa shape index (κ3) is 3.00. The smallest absolute Gasteiger partial charge is 0.308 e. The highest BCUT2D eigenvalue weighted by atomic mass is 16.5. The molecule has 0 aromatic carbocycles. The minimum Gasteiger partial charge on any atom is -0.469 e. The molecule has 2 atom stereocenters. The van der Waals surface area contributed by atoms with E-state index >= 15 is 0 Å². The molecule has 1 fully saturated rings. The van der Waals surface area contributed by atoms with E-state index in [-0.39, 0.29) is 23.9 Å². The standard InChI is InChI=1S/C14H18N6O2/c1-22-13(21)9-3-4-10(7-9)17-11-8-12(19-14(15)18-11)20-6-2-5-16-20/h2,5-6,8-10H,3-4,7H2,1H3,(H3,15,17,18,19)/t9-,10+/m0/s1. The van der Waals surface area contributed by atoms with Gasteiger partial charge in [0.05, 0.1) is 13.0 Å². The van der Waals surface area contributed by atoms with Crippen molar-refractivity contribution in [2.75, 3.05) is 18.2 Å². The first kappa shape index (κ1) is 14.3. The van der Waals surface area contributed by atoms with E-state index in [2.05, 4.69) is 20.4 Å². The van der Waals surface area contributed by atoms with Crippen LogP contribution in [-0.4, -0.2) is 38.9 Å². The van der Waals surface area contributed by atoms with Gasteiger partial charge in [-0.2, -0.15) is 15.1 Å². The second kappa shape index (κ2) is 6.00. The van der Waals surface area contributed by atoms with Crippen molar-refractivity contribution in [1.29, 1.82) is 0 Å². The molecule has 116 valence electrons. The van der Waals surface area contributed by atoms with Crippen molar-refractivity contribution in [1.82, 2.24) is 19.7 Å². The van der Waals surface area contributed by atoms with Crippen LogP contribution in [0.5, 0.6) is 0 Å². The van der Waals surface area contributed by atoms with Gasteiger partial charge in [-0.1, -0.05) is 0 Å². The van der Waals surface area contributed by atoms with Crippen LogP contribution in [0.4, 0.5) is 11.8 Å². The summed E-state index contributed by atoms with van der Waals surface area (Å²) in [6.07, 6.45) is 5.89. The van der Waals surface area contributed by atoms with Crippen LogP contribution in [-0.2, 0) is 9.53 Å². The maximum atomic E-state index is 11.6. The predicted molar refractivity (Wildman–Crippen MR) is 80.3 cm³/mol. The Hall–Kier alpha value is -2.64. The molecule has 0 saturated heterocycles. The molecule has 2 aromatic heterocycles. The number of nitrogens with one attached hydrogen (secondary N) is 1. The summed E-state index contributed by atoms with van der Waals surface area (Å²) in [6.45, 7) is 0. The van der Waals surface area contributed by atoms with Gasteiger partial charge in [-0.05, 0) is 25.3 Å². The molecule has 0 amide bonds. The van der Waals surface area contributed by atoms with Crippen molar-refractivity contribution in [3.05, 3.63) is 24.5 Å². The predicted octanol–water partition coefficient (Wildman–Crippen LogP) is 0.998. The molecule has 3 rings (SSSR count). The first-order chi connectivity index (χ1) is 10.7. The number of nitrogen functional groups attached to an aromatic ring is 1. The zero-order valence-corrected chi connectivity index (χ0v) is 12.3. The van der Waals surface area contributed by atoms with E-state index < -0.39 is 0 Å². The number of esters is 1. The highest BCUT2D eigenvalue weighted by Gasteiger charge is 2.30. The van der Waals surface area contributed by atoms with Crippen molar-refractivity contribution in [3.63, 3.8) is 0 Å². The zero-order chi connectivity index (χ0) is 15.5. The van der Waals surface area contributed by atoms with Crippen molar-refractivity contribution in [2.24, 2.45) is 5.92 Å². The minimum absolute atomic E-state index is 0.0488. The zero-order valence-electron chi connectivity index (χ0n) is 12.3. The Balaban J connectivity index is 1.72. The largest absolute Gasteiger partial charge is 0.469 e. The molecule has 8 nitrogen and oxygen atoms in total. The number of nitrogens with two attached hydrogens (primary N) is 1.